The summed E-state index contributed by atoms with van der Waals surface area (Å²) in [5.74, 6) is -1.14. The van der Waals surface area contributed by atoms with Gasteiger partial charge in [0.05, 0.1) is 12.7 Å². The SMILES string of the molecule is COc1cc(C)cc(C)c1-c1cc(F)cc(C(=O)O)c1. The van der Waals surface area contributed by atoms with Crippen LogP contribution in [0, 0.1) is 19.7 Å². The van der Waals surface area contributed by atoms with E-state index < -0.39 is 11.8 Å². The van der Waals surface area contributed by atoms with E-state index in [2.05, 4.69) is 0 Å². The molecule has 1 N–H and O–H groups in total. The Balaban J connectivity index is 2.71. The van der Waals surface area contributed by atoms with Crippen LogP contribution in [0.25, 0.3) is 11.1 Å². The Labute approximate surface area is 116 Å². The molecular weight excluding hydrogens is 259 g/mol. The number of hydrogen-bond donors (Lipinski definition) is 1. The largest absolute Gasteiger partial charge is 0.496 e. The maximum Gasteiger partial charge on any atom is 0.335 e. The fourth-order valence-corrected chi connectivity index (χ4v) is 2.32. The Morgan fingerprint density at radius 1 is 1.15 bits per heavy atom. The minimum Gasteiger partial charge on any atom is -0.496 e. The lowest BCUT2D eigenvalue weighted by Gasteiger charge is -2.14. The van der Waals surface area contributed by atoms with Crippen LogP contribution in [-0.2, 0) is 0 Å². The standard InChI is InChI=1S/C16H15FO3/c1-9-4-10(2)15(14(5-9)20-3)11-6-12(16(18)19)8-13(17)7-11/h4-8H,1-3H3,(H,18,19). The molecule has 0 aliphatic heterocycles. The molecule has 2 aromatic rings. The molecule has 0 radical (unpaired) electrons. The highest BCUT2D eigenvalue weighted by Crippen LogP contribution is 2.35. The van der Waals surface area contributed by atoms with Crippen LogP contribution in [0.15, 0.2) is 30.3 Å². The van der Waals surface area contributed by atoms with Crippen LogP contribution in [0.2, 0.25) is 0 Å². The van der Waals surface area contributed by atoms with E-state index in [0.29, 0.717) is 16.9 Å². The predicted octanol–water partition coefficient (Wildman–Crippen LogP) is 3.82. The summed E-state index contributed by atoms with van der Waals surface area (Å²) in [5, 5.41) is 9.02. The lowest BCUT2D eigenvalue weighted by atomic mass is 9.96. The third kappa shape index (κ3) is 2.64. The fraction of sp³-hybridized carbons (Fsp3) is 0.188. The first kappa shape index (κ1) is 14.1. The third-order valence-electron chi connectivity index (χ3n) is 3.10. The number of benzene rings is 2. The van der Waals surface area contributed by atoms with Gasteiger partial charge in [-0.15, -0.1) is 0 Å². The van der Waals surface area contributed by atoms with E-state index >= 15 is 0 Å². The summed E-state index contributed by atoms with van der Waals surface area (Å²) < 4.78 is 18.9. The van der Waals surface area contributed by atoms with E-state index in [9.17, 15) is 9.18 Å². The molecule has 0 fully saturated rings. The molecule has 0 amide bonds. The second-order valence-corrected chi connectivity index (χ2v) is 4.69. The summed E-state index contributed by atoms with van der Waals surface area (Å²) in [6.07, 6.45) is 0. The van der Waals surface area contributed by atoms with E-state index in [1.54, 1.807) is 0 Å². The first-order valence-electron chi connectivity index (χ1n) is 6.12. The Bertz CT molecular complexity index is 678. The monoisotopic (exact) mass is 274 g/mol. The van der Waals surface area contributed by atoms with Crippen LogP contribution < -0.4 is 4.74 Å². The number of aromatic carboxylic acids is 1. The van der Waals surface area contributed by atoms with Gasteiger partial charge in [0.15, 0.2) is 0 Å². The highest BCUT2D eigenvalue weighted by molar-refractivity contribution is 5.90. The van der Waals surface area contributed by atoms with Crippen LogP contribution in [0.1, 0.15) is 21.5 Å². The molecule has 0 heterocycles. The number of ether oxygens (including phenoxy) is 1. The molecule has 0 saturated carbocycles. The second-order valence-electron chi connectivity index (χ2n) is 4.69. The van der Waals surface area contributed by atoms with E-state index in [0.717, 1.165) is 17.2 Å². The van der Waals surface area contributed by atoms with Crippen LogP contribution in [-0.4, -0.2) is 18.2 Å². The van der Waals surface area contributed by atoms with Crippen molar-refractivity contribution in [3.8, 4) is 16.9 Å². The number of carboxylic acids is 1. The van der Waals surface area contributed by atoms with Gasteiger partial charge in [-0.3, -0.25) is 0 Å². The van der Waals surface area contributed by atoms with Gasteiger partial charge in [0.2, 0.25) is 0 Å². The number of carbonyl (C=O) groups is 1. The molecule has 104 valence electrons. The van der Waals surface area contributed by atoms with Gasteiger partial charge < -0.3 is 9.84 Å². The molecule has 0 atom stereocenters. The Morgan fingerprint density at radius 3 is 2.45 bits per heavy atom. The van der Waals surface area contributed by atoms with Crippen molar-refractivity contribution in [3.63, 3.8) is 0 Å². The molecule has 0 saturated heterocycles. The van der Waals surface area contributed by atoms with Crippen LogP contribution in [0.4, 0.5) is 4.39 Å². The minimum absolute atomic E-state index is 0.0815. The first-order chi connectivity index (χ1) is 9.42. The molecular formula is C16H15FO3. The molecule has 0 unspecified atom stereocenters. The van der Waals surface area contributed by atoms with Crippen LogP contribution in [0.5, 0.6) is 5.75 Å². The van der Waals surface area contributed by atoms with E-state index in [-0.39, 0.29) is 5.56 Å². The number of carboxylic acid groups (broad SMARTS) is 1. The van der Waals surface area contributed by atoms with Crippen molar-refractivity contribution in [2.24, 2.45) is 0 Å². The number of methoxy groups -OCH3 is 1. The van der Waals surface area contributed by atoms with Crippen molar-refractivity contribution in [2.75, 3.05) is 7.11 Å². The average Bonchev–Trinajstić information content (AvgIpc) is 2.36. The quantitative estimate of drug-likeness (QED) is 0.925. The summed E-state index contributed by atoms with van der Waals surface area (Å²) in [7, 11) is 1.54. The van der Waals surface area contributed by atoms with Gasteiger partial charge >= 0.3 is 5.97 Å². The highest BCUT2D eigenvalue weighted by atomic mass is 19.1. The Morgan fingerprint density at radius 2 is 1.85 bits per heavy atom. The maximum absolute atomic E-state index is 13.6. The van der Waals surface area contributed by atoms with Gasteiger partial charge in [-0.2, -0.15) is 0 Å². The van der Waals surface area contributed by atoms with Crippen molar-refractivity contribution in [3.05, 3.63) is 52.8 Å². The molecule has 2 aromatic carbocycles. The van der Waals surface area contributed by atoms with E-state index in [1.807, 2.05) is 26.0 Å². The van der Waals surface area contributed by atoms with Crippen molar-refractivity contribution >= 4 is 5.97 Å². The molecule has 0 bridgehead atoms. The Kier molecular flexibility index (Phi) is 3.74. The van der Waals surface area contributed by atoms with Crippen molar-refractivity contribution in [1.29, 1.82) is 0 Å². The molecule has 20 heavy (non-hydrogen) atoms. The number of halogens is 1. The fourth-order valence-electron chi connectivity index (χ4n) is 2.32. The summed E-state index contributed by atoms with van der Waals surface area (Å²) in [5.41, 5.74) is 3.06. The lowest BCUT2D eigenvalue weighted by Crippen LogP contribution is -1.99. The van der Waals surface area contributed by atoms with Crippen LogP contribution in [0.3, 0.4) is 0 Å². The van der Waals surface area contributed by atoms with Crippen molar-refractivity contribution in [2.45, 2.75) is 13.8 Å². The van der Waals surface area contributed by atoms with Gasteiger partial charge in [-0.1, -0.05) is 6.07 Å². The van der Waals surface area contributed by atoms with Crippen LogP contribution >= 0.6 is 0 Å². The summed E-state index contributed by atoms with van der Waals surface area (Å²) in [6, 6.07) is 7.55. The van der Waals surface area contributed by atoms with Gasteiger partial charge in [0.25, 0.3) is 0 Å². The number of rotatable bonds is 3. The number of aryl methyl sites for hydroxylation is 2. The average molecular weight is 274 g/mol. The van der Waals surface area contributed by atoms with E-state index in [4.69, 9.17) is 9.84 Å². The maximum atomic E-state index is 13.6. The lowest BCUT2D eigenvalue weighted by molar-refractivity contribution is 0.0696. The minimum atomic E-state index is -1.16. The van der Waals surface area contributed by atoms with Crippen molar-refractivity contribution < 1.29 is 19.0 Å². The molecule has 0 aliphatic rings. The molecule has 0 aliphatic carbocycles. The number of hydrogen-bond acceptors (Lipinski definition) is 2. The Hall–Kier alpha value is -2.36. The van der Waals surface area contributed by atoms with Gasteiger partial charge in [-0.05, 0) is 54.8 Å². The topological polar surface area (TPSA) is 46.5 Å². The third-order valence-corrected chi connectivity index (χ3v) is 3.10. The van der Waals surface area contributed by atoms with Gasteiger partial charge in [-0.25, -0.2) is 9.18 Å². The summed E-state index contributed by atoms with van der Waals surface area (Å²) in [4.78, 5) is 11.0. The van der Waals surface area contributed by atoms with Gasteiger partial charge in [0.1, 0.15) is 11.6 Å². The normalized spacial score (nSPS) is 10.4. The molecule has 4 heteroatoms. The van der Waals surface area contributed by atoms with Gasteiger partial charge in [0, 0.05) is 5.56 Å². The zero-order valence-electron chi connectivity index (χ0n) is 11.5. The second kappa shape index (κ2) is 5.33. The first-order valence-corrected chi connectivity index (χ1v) is 6.12. The highest BCUT2D eigenvalue weighted by Gasteiger charge is 2.14. The summed E-state index contributed by atoms with van der Waals surface area (Å²) in [6.45, 7) is 3.82. The molecule has 2 rings (SSSR count). The zero-order valence-corrected chi connectivity index (χ0v) is 11.5. The van der Waals surface area contributed by atoms with Crippen molar-refractivity contribution in [1.82, 2.24) is 0 Å². The molecule has 0 aromatic heterocycles. The zero-order chi connectivity index (χ0) is 14.9. The van der Waals surface area contributed by atoms with E-state index in [1.165, 1.54) is 19.2 Å². The smallest absolute Gasteiger partial charge is 0.335 e. The predicted molar refractivity (Wildman–Crippen MR) is 74.8 cm³/mol. The summed E-state index contributed by atoms with van der Waals surface area (Å²) >= 11 is 0. The molecule has 3 nitrogen and oxygen atoms in total. The molecule has 0 spiro atoms.